The van der Waals surface area contributed by atoms with Gasteiger partial charge in [0.1, 0.15) is 24.0 Å². The fourth-order valence-corrected chi connectivity index (χ4v) is 12.6. The van der Waals surface area contributed by atoms with E-state index in [1.807, 2.05) is 16.7 Å². The number of amides is 5. The number of phosphoric ester groups is 1. The number of carbonyl (C=O) groups is 4. The molecule has 3 saturated heterocycles. The Hall–Kier alpha value is -5.50. The number of aromatic nitrogens is 2. The third-order valence-corrected chi connectivity index (χ3v) is 17.2. The lowest BCUT2D eigenvalue weighted by Crippen LogP contribution is -2.36. The summed E-state index contributed by atoms with van der Waals surface area (Å²) in [7, 11) is -15.8. The minimum absolute atomic E-state index is 0.0187. The van der Waals surface area contributed by atoms with Crippen LogP contribution in [0.15, 0.2) is 27.9 Å². The number of ether oxygens (including phenoxy) is 7. The van der Waals surface area contributed by atoms with Crippen molar-refractivity contribution >= 4 is 64.9 Å². The quantitative estimate of drug-likeness (QED) is 0.0111. The van der Waals surface area contributed by atoms with Gasteiger partial charge in [-0.3, -0.25) is 38.6 Å². The molecule has 5 amide bonds. The molecule has 82 heavy (non-hydrogen) atoms. The Balaban J connectivity index is 0.925. The number of nitro groups is 1. The van der Waals surface area contributed by atoms with Crippen molar-refractivity contribution in [3.05, 3.63) is 60.4 Å². The second-order valence-corrected chi connectivity index (χ2v) is 23.6. The molecule has 3 fully saturated rings. The number of phosphoric acid groups is 3. The number of aromatic amines is 1. The van der Waals surface area contributed by atoms with E-state index < -0.39 is 89.1 Å². The van der Waals surface area contributed by atoms with Crippen LogP contribution in [-0.2, 0) is 60.1 Å². The van der Waals surface area contributed by atoms with E-state index in [-0.39, 0.29) is 98.2 Å². The zero-order chi connectivity index (χ0) is 60.0. The molecule has 0 spiro atoms. The molecule has 34 nitrogen and oxygen atoms in total. The molecule has 3 aliphatic rings. The van der Waals surface area contributed by atoms with Crippen molar-refractivity contribution in [2.24, 2.45) is 0 Å². The number of urea groups is 1. The number of nitro benzene ring substituents is 1. The summed E-state index contributed by atoms with van der Waals surface area (Å²) >= 11 is 1.86. The third-order valence-electron chi connectivity index (χ3n) is 11.8. The number of methoxy groups -OCH3 is 1. The highest BCUT2D eigenvalue weighted by molar-refractivity contribution is 8.00. The van der Waals surface area contributed by atoms with Crippen molar-refractivity contribution in [1.29, 1.82) is 0 Å². The number of aliphatic hydroxyl groups excluding tert-OH is 1. The number of fused-ring (bicyclic) bond motifs is 1. The van der Waals surface area contributed by atoms with Crippen molar-refractivity contribution in [3.8, 4) is 23.3 Å². The smallest absolute Gasteiger partial charge is 0.490 e. The van der Waals surface area contributed by atoms with Crippen molar-refractivity contribution < 1.29 is 109 Å². The number of unbranched alkanes of at least 4 members (excludes halogenated alkanes) is 1. The highest BCUT2D eigenvalue weighted by Crippen LogP contribution is 2.66. The van der Waals surface area contributed by atoms with Crippen LogP contribution >= 0.6 is 35.2 Å². The molecule has 0 aliphatic carbocycles. The van der Waals surface area contributed by atoms with Gasteiger partial charge in [0, 0.05) is 49.6 Å². The molecule has 1 aromatic heterocycles. The molecule has 5 rings (SSSR count). The van der Waals surface area contributed by atoms with Gasteiger partial charge in [0.25, 0.3) is 11.2 Å². The Kier molecular flexibility index (Phi) is 26.7. The van der Waals surface area contributed by atoms with Crippen molar-refractivity contribution in [2.75, 3.05) is 85.4 Å². The average molecular weight is 1250 g/mol. The van der Waals surface area contributed by atoms with Gasteiger partial charge in [-0.05, 0) is 32.3 Å². The molecule has 1 aromatic carbocycles. The predicted molar refractivity (Wildman–Crippen MR) is 282 cm³/mol. The van der Waals surface area contributed by atoms with Gasteiger partial charge in [-0.25, -0.2) is 28.1 Å². The highest BCUT2D eigenvalue weighted by Gasteiger charge is 2.44. The molecule has 458 valence electrons. The van der Waals surface area contributed by atoms with Crippen molar-refractivity contribution in [2.45, 2.75) is 93.7 Å². The maximum atomic E-state index is 12.7. The molecule has 4 heterocycles. The Morgan fingerprint density at radius 1 is 0.890 bits per heavy atom. The van der Waals surface area contributed by atoms with E-state index in [9.17, 15) is 67.5 Å². The topological polar surface area (TPSA) is 471 Å². The maximum Gasteiger partial charge on any atom is 0.490 e. The number of H-pyrrole nitrogens is 1. The minimum atomic E-state index is -5.83. The molecule has 0 radical (unpaired) electrons. The Morgan fingerprint density at radius 2 is 1.55 bits per heavy atom. The van der Waals surface area contributed by atoms with Crippen molar-refractivity contribution in [3.63, 3.8) is 0 Å². The fraction of sp³-hybridized carbons (Fsp3) is 0.636. The summed E-state index contributed by atoms with van der Waals surface area (Å²) in [6.07, 6.45) is -2.80. The van der Waals surface area contributed by atoms with Crippen LogP contribution in [0.1, 0.15) is 75.3 Å². The summed E-state index contributed by atoms with van der Waals surface area (Å²) in [6, 6.07) is 2.59. The fourth-order valence-electron chi connectivity index (χ4n) is 8.07. The SMILES string of the molecule is COc1cc(C(C)OC(=O)NCC#Cc2cn([C@H]3C[C@H](O)[C@@H](COP(=O)(O)OP(=O)(O)OP(=O)(O)O)O3)c(=O)[nH]c2=O)c([N+](=O)[O-])cc1OCCCC(=O)NCCOCCOCCOCCNC(=O)CCCC[C@@H]1SC[C@@H]2NC(=O)N[C@@H]21. The van der Waals surface area contributed by atoms with E-state index in [1.165, 1.54) is 20.1 Å². The van der Waals surface area contributed by atoms with E-state index >= 15 is 0 Å². The molecule has 0 saturated carbocycles. The summed E-state index contributed by atoms with van der Waals surface area (Å²) in [4.78, 5) is 124. The highest BCUT2D eigenvalue weighted by atomic mass is 32.2. The first-order valence-corrected chi connectivity index (χ1v) is 30.8. The number of nitrogens with one attached hydrogen (secondary N) is 6. The Bertz CT molecular complexity index is 2870. The number of hydrogen-bond acceptors (Lipinski definition) is 23. The van der Waals surface area contributed by atoms with Crippen LogP contribution in [0.3, 0.4) is 0 Å². The van der Waals surface area contributed by atoms with Crippen LogP contribution in [0.5, 0.6) is 11.5 Å². The number of rotatable bonds is 35. The van der Waals surface area contributed by atoms with Gasteiger partial charge in [-0.15, -0.1) is 0 Å². The molecule has 38 heteroatoms. The van der Waals surface area contributed by atoms with Crippen LogP contribution in [0.2, 0.25) is 0 Å². The second-order valence-electron chi connectivity index (χ2n) is 17.9. The molecular weight excluding hydrogens is 1180 g/mol. The van der Waals surface area contributed by atoms with E-state index in [2.05, 4.69) is 51.6 Å². The second kappa shape index (κ2) is 32.5. The summed E-state index contributed by atoms with van der Waals surface area (Å²) < 4.78 is 85.4. The number of alkyl carbamates (subject to hydrolysis) is 1. The van der Waals surface area contributed by atoms with Gasteiger partial charge < -0.3 is 84.4 Å². The number of nitrogens with zero attached hydrogens (tertiary/aromatic N) is 2. The molecule has 9 atom stereocenters. The van der Waals surface area contributed by atoms with Gasteiger partial charge in [0.2, 0.25) is 11.8 Å². The summed E-state index contributed by atoms with van der Waals surface area (Å²) in [6.45, 7) is 2.31. The monoisotopic (exact) mass is 1250 g/mol. The first-order valence-electron chi connectivity index (χ1n) is 25.2. The van der Waals surface area contributed by atoms with Crippen LogP contribution in [-0.4, -0.2) is 178 Å². The van der Waals surface area contributed by atoms with E-state index in [0.717, 1.165) is 41.8 Å². The minimum Gasteiger partial charge on any atom is -0.493 e. The molecular formula is C44H65N8O26P3S. The van der Waals surface area contributed by atoms with Gasteiger partial charge in [0.15, 0.2) is 11.5 Å². The number of thioether (sulfide) groups is 1. The molecule has 11 N–H and O–H groups in total. The van der Waals surface area contributed by atoms with Gasteiger partial charge in [-0.2, -0.15) is 20.4 Å². The van der Waals surface area contributed by atoms with Crippen LogP contribution in [0, 0.1) is 22.0 Å². The normalized spacial score (nSPS) is 21.1. The molecule has 3 aliphatic heterocycles. The average Bonchev–Trinajstić information content (AvgIpc) is 4.27. The van der Waals surface area contributed by atoms with E-state index in [4.69, 9.17) is 42.9 Å². The molecule has 2 aromatic rings. The largest absolute Gasteiger partial charge is 0.493 e. The lowest BCUT2D eigenvalue weighted by molar-refractivity contribution is -0.386. The van der Waals surface area contributed by atoms with Gasteiger partial charge in [-0.1, -0.05) is 18.3 Å². The summed E-state index contributed by atoms with van der Waals surface area (Å²) in [5.74, 6) is 5.51. The van der Waals surface area contributed by atoms with Crippen LogP contribution < -0.4 is 47.3 Å². The van der Waals surface area contributed by atoms with Gasteiger partial charge in [0.05, 0.1) is 101 Å². The third kappa shape index (κ3) is 22.9. The van der Waals surface area contributed by atoms with Crippen molar-refractivity contribution in [1.82, 2.24) is 36.1 Å². The molecule has 0 bridgehead atoms. The lowest BCUT2D eigenvalue weighted by Gasteiger charge is -2.19. The zero-order valence-electron chi connectivity index (χ0n) is 44.2. The first kappa shape index (κ1) is 67.3. The Labute approximate surface area is 471 Å². The lowest BCUT2D eigenvalue weighted by atomic mass is 10.0. The Morgan fingerprint density at radius 3 is 2.20 bits per heavy atom. The molecule has 3 unspecified atom stereocenters. The van der Waals surface area contributed by atoms with Crippen LogP contribution in [0.4, 0.5) is 15.3 Å². The number of aliphatic hydroxyl groups is 1. The van der Waals surface area contributed by atoms with E-state index in [1.54, 1.807) is 0 Å². The zero-order valence-corrected chi connectivity index (χ0v) is 47.7. The standard InChI is InChI=1S/C44H65N8O26P3S/c1-27(75-44(59)47-11-5-7-28-24-51(43(58)50-41(28)56)39-23-32(53)35(76-39)25-74-80(65,66)78-81(67,68)77-79(62,63)64)29-21-33(69-2)34(22-31(29)52(60)61)73-14-6-10-38(55)46-13-16-71-18-20-72-19-17-70-15-12-45-37(54)9-4-3-8-36-40-30(26-82-36)48-42(57)49-40/h21-22,24,27,30,32,35-36,39-40,53H,3-4,6,8-20,23,25-26H2,1-2H3,(H,45,54)(H,46,55)(H,47,59)(H,65,66)(H,67,68)(H2,48,49,57)(H,50,56,58)(H2,62,63,64)/t27?,30-,32-,35+,36-,39+,40-/m0/s1. The summed E-state index contributed by atoms with van der Waals surface area (Å²) in [5.41, 5.74) is -2.93. The first-order chi connectivity index (χ1) is 38.8. The van der Waals surface area contributed by atoms with E-state index in [0.29, 0.717) is 44.6 Å². The van der Waals surface area contributed by atoms with Crippen LogP contribution in [0.25, 0.3) is 0 Å². The number of carbonyl (C=O) groups excluding carboxylic acids is 4. The number of hydrogen-bond donors (Lipinski definition) is 11. The maximum absolute atomic E-state index is 12.7. The predicted octanol–water partition coefficient (Wildman–Crippen LogP) is 0.451. The number of benzene rings is 1. The summed E-state index contributed by atoms with van der Waals surface area (Å²) in [5, 5.41) is 36.7. The van der Waals surface area contributed by atoms with Gasteiger partial charge >= 0.3 is 41.3 Å².